The number of methoxy groups -OCH3 is 1. The van der Waals surface area contributed by atoms with Crippen molar-refractivity contribution in [2.24, 2.45) is 11.8 Å². The van der Waals surface area contributed by atoms with E-state index in [1.54, 1.807) is 0 Å². The Hall–Kier alpha value is -4.87. The van der Waals surface area contributed by atoms with Crippen molar-refractivity contribution >= 4 is 23.8 Å². The zero-order valence-corrected chi connectivity index (χ0v) is 26.3. The lowest BCUT2D eigenvalue weighted by molar-refractivity contribution is -0.190. The van der Waals surface area contributed by atoms with Crippen LogP contribution in [-0.2, 0) is 35.1 Å². The van der Waals surface area contributed by atoms with Gasteiger partial charge in [0.25, 0.3) is 0 Å². The second-order valence-electron chi connectivity index (χ2n) is 11.8. The number of amides is 2. The van der Waals surface area contributed by atoms with Gasteiger partial charge in [0.05, 0.1) is 13.0 Å². The molecule has 0 spiro atoms. The van der Waals surface area contributed by atoms with Crippen LogP contribution in [0.4, 0.5) is 13.2 Å². The van der Waals surface area contributed by atoms with Crippen molar-refractivity contribution in [1.29, 1.82) is 0 Å². The second kappa shape index (κ2) is 15.1. The number of benzene rings is 3. The number of nitrogens with one attached hydrogen (secondary N) is 1. The van der Waals surface area contributed by atoms with E-state index in [9.17, 15) is 37.5 Å². The zero-order valence-electron chi connectivity index (χ0n) is 26.3. The first-order valence-corrected chi connectivity index (χ1v) is 15.1. The fourth-order valence-electron chi connectivity index (χ4n) is 5.80. The number of halogens is 3. The highest BCUT2D eigenvalue weighted by Crippen LogP contribution is 2.44. The highest BCUT2D eigenvalue weighted by molar-refractivity contribution is 5.92. The van der Waals surface area contributed by atoms with Crippen LogP contribution in [0.1, 0.15) is 42.9 Å². The molecule has 9 nitrogen and oxygen atoms in total. The first kappa shape index (κ1) is 35.0. The predicted octanol–water partition coefficient (Wildman–Crippen LogP) is 5.00. The molecule has 2 amide bonds. The molecule has 12 heteroatoms. The number of rotatable bonds is 13. The van der Waals surface area contributed by atoms with Gasteiger partial charge in [-0.15, -0.1) is 0 Å². The number of fused-ring (bicyclic) bond motifs is 3. The van der Waals surface area contributed by atoms with Gasteiger partial charge in [-0.3, -0.25) is 14.4 Å². The lowest BCUT2D eigenvalue weighted by atomic mass is 9.96. The highest BCUT2D eigenvalue weighted by Gasteiger charge is 2.47. The van der Waals surface area contributed by atoms with Crippen LogP contribution in [0.5, 0.6) is 5.75 Å². The molecule has 47 heavy (non-hydrogen) atoms. The van der Waals surface area contributed by atoms with Gasteiger partial charge in [-0.2, -0.15) is 13.2 Å². The summed E-state index contributed by atoms with van der Waals surface area (Å²) in [6.45, 7) is 2.42. The molecule has 0 aliphatic heterocycles. The molecule has 3 aromatic carbocycles. The molecule has 4 rings (SSSR count). The third-order valence-corrected chi connectivity index (χ3v) is 8.02. The Morgan fingerprint density at radius 2 is 1.47 bits per heavy atom. The SMILES string of the molecule is COC(=O)C(Cc1ccc(O)cc1)N(CC(=O)NCC(CC(C)C)C(=O)OCC1c2ccccc2-c2ccccc21)C(=O)C(F)(F)F. The number of nitrogens with zero attached hydrogens (tertiary/aromatic N) is 1. The lowest BCUT2D eigenvalue weighted by Crippen LogP contribution is -2.55. The number of aromatic hydroxyl groups is 1. The van der Waals surface area contributed by atoms with Crippen LogP contribution in [0, 0.1) is 11.8 Å². The quantitative estimate of drug-likeness (QED) is 0.249. The van der Waals surface area contributed by atoms with Gasteiger partial charge >= 0.3 is 24.0 Å². The molecule has 0 radical (unpaired) electrons. The third-order valence-electron chi connectivity index (χ3n) is 8.02. The van der Waals surface area contributed by atoms with Crippen LogP contribution >= 0.6 is 0 Å². The van der Waals surface area contributed by atoms with E-state index in [2.05, 4.69) is 10.1 Å². The Kier molecular flexibility index (Phi) is 11.3. The number of carbonyl (C=O) groups is 4. The van der Waals surface area contributed by atoms with Crippen molar-refractivity contribution in [2.75, 3.05) is 26.8 Å². The van der Waals surface area contributed by atoms with E-state index in [1.165, 1.54) is 24.3 Å². The Morgan fingerprint density at radius 3 is 2.00 bits per heavy atom. The third kappa shape index (κ3) is 8.69. The maximum atomic E-state index is 13.7. The summed E-state index contributed by atoms with van der Waals surface area (Å²) in [6, 6.07) is 19.2. The molecule has 0 heterocycles. The second-order valence-corrected chi connectivity index (χ2v) is 11.8. The summed E-state index contributed by atoms with van der Waals surface area (Å²) in [6.07, 6.45) is -5.51. The van der Waals surface area contributed by atoms with E-state index in [0.717, 1.165) is 29.4 Å². The molecule has 0 saturated heterocycles. The van der Waals surface area contributed by atoms with Gasteiger partial charge in [0, 0.05) is 18.9 Å². The average molecular weight is 655 g/mol. The summed E-state index contributed by atoms with van der Waals surface area (Å²) in [5.74, 6) is -6.28. The number of hydrogen-bond acceptors (Lipinski definition) is 7. The number of esters is 2. The molecule has 1 aliphatic carbocycles. The maximum Gasteiger partial charge on any atom is 0.471 e. The van der Waals surface area contributed by atoms with E-state index >= 15 is 0 Å². The van der Waals surface area contributed by atoms with E-state index in [1.807, 2.05) is 62.4 Å². The first-order valence-electron chi connectivity index (χ1n) is 15.1. The molecule has 1 aliphatic rings. The summed E-state index contributed by atoms with van der Waals surface area (Å²) in [4.78, 5) is 51.6. The molecule has 0 saturated carbocycles. The summed E-state index contributed by atoms with van der Waals surface area (Å²) >= 11 is 0. The topological polar surface area (TPSA) is 122 Å². The van der Waals surface area contributed by atoms with E-state index in [4.69, 9.17) is 4.74 Å². The molecule has 2 atom stereocenters. The van der Waals surface area contributed by atoms with Gasteiger partial charge < -0.3 is 24.8 Å². The van der Waals surface area contributed by atoms with E-state index < -0.39 is 54.9 Å². The van der Waals surface area contributed by atoms with Crippen molar-refractivity contribution < 1.29 is 46.9 Å². The van der Waals surface area contributed by atoms with Gasteiger partial charge in [0.15, 0.2) is 0 Å². The minimum Gasteiger partial charge on any atom is -0.508 e. The van der Waals surface area contributed by atoms with Crippen LogP contribution in [0.3, 0.4) is 0 Å². The van der Waals surface area contributed by atoms with Crippen molar-refractivity contribution in [3.63, 3.8) is 0 Å². The maximum absolute atomic E-state index is 13.7. The van der Waals surface area contributed by atoms with Gasteiger partial charge in [-0.25, -0.2) is 4.79 Å². The zero-order chi connectivity index (χ0) is 34.3. The molecule has 250 valence electrons. The summed E-state index contributed by atoms with van der Waals surface area (Å²) < 4.78 is 51.4. The lowest BCUT2D eigenvalue weighted by Gasteiger charge is -2.30. The first-order chi connectivity index (χ1) is 22.3. The van der Waals surface area contributed by atoms with Crippen molar-refractivity contribution in [2.45, 2.75) is 44.8 Å². The molecule has 0 bridgehead atoms. The normalized spacial score (nSPS) is 13.7. The fourth-order valence-corrected chi connectivity index (χ4v) is 5.80. The number of hydrogen-bond donors (Lipinski definition) is 2. The monoisotopic (exact) mass is 654 g/mol. The van der Waals surface area contributed by atoms with E-state index in [-0.39, 0.29) is 35.6 Å². The van der Waals surface area contributed by atoms with Crippen LogP contribution in [0.25, 0.3) is 11.1 Å². The average Bonchev–Trinajstić information content (AvgIpc) is 3.36. The fraction of sp³-hybridized carbons (Fsp3) is 0.371. The molecule has 2 N–H and O–H groups in total. The number of carbonyl (C=O) groups excluding carboxylic acids is 4. The van der Waals surface area contributed by atoms with Crippen LogP contribution in [-0.4, -0.2) is 72.8 Å². The number of alkyl halides is 3. The summed E-state index contributed by atoms with van der Waals surface area (Å²) in [5, 5.41) is 12.0. The molecular formula is C35H37F3N2O7. The number of phenolic OH excluding ortho intramolecular Hbond substituents is 1. The largest absolute Gasteiger partial charge is 0.508 e. The number of ether oxygens (including phenoxy) is 2. The number of phenols is 1. The van der Waals surface area contributed by atoms with Crippen LogP contribution < -0.4 is 5.32 Å². The summed E-state index contributed by atoms with van der Waals surface area (Å²) in [5.41, 5.74) is 4.48. The molecule has 2 unspecified atom stereocenters. The predicted molar refractivity (Wildman–Crippen MR) is 166 cm³/mol. The molecular weight excluding hydrogens is 617 g/mol. The molecule has 0 fully saturated rings. The standard InChI is InChI=1S/C35H37F3N2O7/c1-21(2)16-23(32(43)47-20-29-27-10-6-4-8-25(27)26-9-5-7-11-28(26)29)18-39-31(42)19-40(34(45)35(36,37)38)30(33(44)46-3)17-22-12-14-24(41)15-13-22/h4-15,21,23,29-30,41H,16-20H2,1-3H3,(H,39,42). The van der Waals surface area contributed by atoms with Gasteiger partial charge in [-0.1, -0.05) is 74.5 Å². The highest BCUT2D eigenvalue weighted by atomic mass is 19.4. The van der Waals surface area contributed by atoms with Crippen LogP contribution in [0.15, 0.2) is 72.8 Å². The van der Waals surface area contributed by atoms with Gasteiger partial charge in [0.1, 0.15) is 24.9 Å². The van der Waals surface area contributed by atoms with Crippen molar-refractivity contribution in [3.05, 3.63) is 89.5 Å². The minimum atomic E-state index is -5.40. The Balaban J connectivity index is 1.46. The van der Waals surface area contributed by atoms with Crippen molar-refractivity contribution in [3.8, 4) is 16.9 Å². The Bertz CT molecular complexity index is 1540. The van der Waals surface area contributed by atoms with Crippen LogP contribution in [0.2, 0.25) is 0 Å². The smallest absolute Gasteiger partial charge is 0.471 e. The molecule has 3 aromatic rings. The Labute approximate surface area is 270 Å². The minimum absolute atomic E-state index is 0.00899. The summed E-state index contributed by atoms with van der Waals surface area (Å²) in [7, 11) is 0.952. The Morgan fingerprint density at radius 1 is 0.894 bits per heavy atom. The van der Waals surface area contributed by atoms with Gasteiger partial charge in [0.2, 0.25) is 5.91 Å². The van der Waals surface area contributed by atoms with Gasteiger partial charge in [-0.05, 0) is 52.3 Å². The van der Waals surface area contributed by atoms with E-state index in [0.29, 0.717) is 12.0 Å². The van der Waals surface area contributed by atoms with Crippen molar-refractivity contribution in [1.82, 2.24) is 10.2 Å². The molecule has 0 aromatic heterocycles.